The molecule has 0 aliphatic heterocycles. The number of aromatic amines is 1. The van der Waals surface area contributed by atoms with Crippen LogP contribution in [-0.2, 0) is 6.42 Å². The number of allylic oxidation sites excluding steroid dienone is 1. The molecule has 3 nitrogen and oxygen atoms in total. The monoisotopic (exact) mass is 580 g/mol. The normalized spacial score (nSPS) is 11.4. The second-order valence-electron chi connectivity index (χ2n) is 12.9. The molecule has 0 bridgehead atoms. The molecular weight excluding hydrogens is 510 g/mol. The molecule has 0 spiro atoms. The van der Waals surface area contributed by atoms with Gasteiger partial charge in [0.25, 0.3) is 0 Å². The van der Waals surface area contributed by atoms with Gasteiger partial charge in [-0.1, -0.05) is 143 Å². The van der Waals surface area contributed by atoms with Crippen LogP contribution in [-0.4, -0.2) is 24.6 Å². The van der Waals surface area contributed by atoms with Gasteiger partial charge >= 0.3 is 0 Å². The van der Waals surface area contributed by atoms with Crippen LogP contribution in [0, 0.1) is 0 Å². The van der Waals surface area contributed by atoms with E-state index in [1.54, 1.807) is 0 Å². The molecule has 0 saturated heterocycles. The molecule has 240 valence electrons. The number of hydrogen-bond acceptors (Lipinski definition) is 2. The first-order valence-corrected chi connectivity index (χ1v) is 18.5. The number of hydrogen-bond donors (Lipinski definition) is 2. The summed E-state index contributed by atoms with van der Waals surface area (Å²) in [6, 6.07) is 6.91. The van der Waals surface area contributed by atoms with Crippen LogP contribution in [0.4, 0.5) is 5.69 Å². The highest BCUT2D eigenvalue weighted by atomic mass is 15.1. The van der Waals surface area contributed by atoms with E-state index < -0.39 is 0 Å². The van der Waals surface area contributed by atoms with Crippen LogP contribution in [0.25, 0.3) is 10.9 Å². The van der Waals surface area contributed by atoms with Gasteiger partial charge < -0.3 is 15.2 Å². The molecule has 1 aromatic carbocycles. The maximum atomic E-state index is 4.31. The van der Waals surface area contributed by atoms with Crippen molar-refractivity contribution in [1.82, 2.24) is 10.3 Å². The molecule has 42 heavy (non-hydrogen) atoms. The Morgan fingerprint density at radius 2 is 1.17 bits per heavy atom. The average Bonchev–Trinajstić information content (AvgIpc) is 3.40. The first kappa shape index (κ1) is 36.3. The van der Waals surface area contributed by atoms with Gasteiger partial charge in [-0.2, -0.15) is 0 Å². The number of unbranched alkanes of at least 4 members (excludes halogenated alkanes) is 18. The molecule has 3 heteroatoms. The Kier molecular flexibility index (Phi) is 21.2. The molecule has 0 fully saturated rings. The van der Waals surface area contributed by atoms with Crippen molar-refractivity contribution in [3.8, 4) is 0 Å². The predicted octanol–water partition coefficient (Wildman–Crippen LogP) is 12.3. The standard InChI is InChI=1S/C39H69N3/c1-5-8-9-10-11-12-13-14-15-16-17-18-19-20-21-22-23-24-25-26-35(4)40-30-29-36-34-41-39-28-27-37(33-38(36)39)42(31-6-2)32-7-3/h27-28,33-34,40-41H,4-26,29-32H2,1-3H3. The largest absolute Gasteiger partial charge is 0.388 e. The lowest BCUT2D eigenvalue weighted by Gasteiger charge is -2.24. The molecular formula is C39H69N3. The Hall–Kier alpha value is -1.90. The number of fused-ring (bicyclic) bond motifs is 1. The molecule has 2 aromatic rings. The van der Waals surface area contributed by atoms with Crippen LogP contribution < -0.4 is 10.2 Å². The minimum absolute atomic E-state index is 0.961. The second kappa shape index (κ2) is 24.5. The molecule has 2 rings (SSSR count). The van der Waals surface area contributed by atoms with Gasteiger partial charge in [0.2, 0.25) is 0 Å². The Labute approximate surface area is 261 Å². The molecule has 0 aliphatic carbocycles. The summed E-state index contributed by atoms with van der Waals surface area (Å²) in [6.45, 7) is 14.4. The van der Waals surface area contributed by atoms with Crippen molar-refractivity contribution in [1.29, 1.82) is 0 Å². The number of nitrogens with zero attached hydrogens (tertiary/aromatic N) is 1. The first-order valence-electron chi connectivity index (χ1n) is 18.5. The summed E-state index contributed by atoms with van der Waals surface area (Å²) in [7, 11) is 0. The lowest BCUT2D eigenvalue weighted by molar-refractivity contribution is 0.522. The van der Waals surface area contributed by atoms with Gasteiger partial charge in [0, 0.05) is 48.1 Å². The number of nitrogens with one attached hydrogen (secondary N) is 2. The molecule has 2 N–H and O–H groups in total. The van der Waals surface area contributed by atoms with E-state index in [1.165, 1.54) is 163 Å². The van der Waals surface area contributed by atoms with E-state index in [4.69, 9.17) is 0 Å². The molecule has 0 amide bonds. The van der Waals surface area contributed by atoms with Gasteiger partial charge in [0.05, 0.1) is 0 Å². The zero-order chi connectivity index (χ0) is 30.1. The molecule has 1 heterocycles. The topological polar surface area (TPSA) is 31.1 Å². The maximum Gasteiger partial charge on any atom is 0.0458 e. The zero-order valence-electron chi connectivity index (χ0n) is 28.3. The van der Waals surface area contributed by atoms with Crippen molar-refractivity contribution in [2.45, 2.75) is 168 Å². The summed E-state index contributed by atoms with van der Waals surface area (Å²) in [5.74, 6) is 0. The minimum atomic E-state index is 0.961. The van der Waals surface area contributed by atoms with Gasteiger partial charge in [0.1, 0.15) is 0 Å². The van der Waals surface area contributed by atoms with Gasteiger partial charge in [-0.15, -0.1) is 0 Å². The molecule has 1 aromatic heterocycles. The van der Waals surface area contributed by atoms with Crippen LogP contribution in [0.1, 0.15) is 168 Å². The Bertz CT molecular complexity index is 907. The SMILES string of the molecule is C=C(CCCCCCCCCCCCCCCCCCCCC)NCCc1c[nH]c2ccc(N(CCC)CCC)cc12. The van der Waals surface area contributed by atoms with Crippen LogP contribution in [0.5, 0.6) is 0 Å². The Morgan fingerprint density at radius 3 is 1.67 bits per heavy atom. The van der Waals surface area contributed by atoms with Crippen LogP contribution in [0.15, 0.2) is 36.7 Å². The summed E-state index contributed by atoms with van der Waals surface area (Å²) in [6.07, 6.45) is 33.9. The molecule has 0 saturated carbocycles. The smallest absolute Gasteiger partial charge is 0.0458 e. The van der Waals surface area contributed by atoms with E-state index >= 15 is 0 Å². The van der Waals surface area contributed by atoms with Crippen LogP contribution >= 0.6 is 0 Å². The fourth-order valence-electron chi connectivity index (χ4n) is 6.36. The van der Waals surface area contributed by atoms with Gasteiger partial charge in [-0.3, -0.25) is 0 Å². The summed E-state index contributed by atoms with van der Waals surface area (Å²) >= 11 is 0. The number of anilines is 1. The van der Waals surface area contributed by atoms with Crippen LogP contribution in [0.3, 0.4) is 0 Å². The van der Waals surface area contributed by atoms with Crippen molar-refractivity contribution >= 4 is 16.6 Å². The lowest BCUT2D eigenvalue weighted by Crippen LogP contribution is -2.24. The van der Waals surface area contributed by atoms with Gasteiger partial charge in [-0.25, -0.2) is 0 Å². The summed E-state index contributed by atoms with van der Waals surface area (Å²) in [4.78, 5) is 6.00. The maximum absolute atomic E-state index is 4.31. The quantitative estimate of drug-likeness (QED) is 0.0939. The lowest BCUT2D eigenvalue weighted by atomic mass is 10.0. The van der Waals surface area contributed by atoms with E-state index in [-0.39, 0.29) is 0 Å². The highest BCUT2D eigenvalue weighted by Crippen LogP contribution is 2.26. The van der Waals surface area contributed by atoms with E-state index in [1.807, 2.05) is 0 Å². The number of H-pyrrole nitrogens is 1. The van der Waals surface area contributed by atoms with Crippen molar-refractivity contribution in [2.24, 2.45) is 0 Å². The molecule has 0 aliphatic rings. The third-order valence-electron chi connectivity index (χ3n) is 8.95. The fourth-order valence-corrected chi connectivity index (χ4v) is 6.36. The minimum Gasteiger partial charge on any atom is -0.388 e. The van der Waals surface area contributed by atoms with E-state index in [0.717, 1.165) is 32.5 Å². The molecule has 0 unspecified atom stereocenters. The summed E-state index contributed by atoms with van der Waals surface area (Å²) in [5, 5.41) is 4.97. The third-order valence-corrected chi connectivity index (χ3v) is 8.95. The van der Waals surface area contributed by atoms with Gasteiger partial charge in [0.15, 0.2) is 0 Å². The molecule has 0 atom stereocenters. The van der Waals surface area contributed by atoms with E-state index in [9.17, 15) is 0 Å². The highest BCUT2D eigenvalue weighted by Gasteiger charge is 2.09. The van der Waals surface area contributed by atoms with Crippen LogP contribution in [0.2, 0.25) is 0 Å². The number of rotatable bonds is 29. The first-order chi connectivity index (χ1) is 20.7. The molecule has 0 radical (unpaired) electrons. The van der Waals surface area contributed by atoms with Crippen molar-refractivity contribution in [3.05, 3.63) is 42.2 Å². The Morgan fingerprint density at radius 1 is 0.667 bits per heavy atom. The fraction of sp³-hybridized carbons (Fsp3) is 0.744. The average molecular weight is 580 g/mol. The van der Waals surface area contributed by atoms with E-state index in [0.29, 0.717) is 0 Å². The van der Waals surface area contributed by atoms with Gasteiger partial charge in [-0.05, 0) is 55.9 Å². The predicted molar refractivity (Wildman–Crippen MR) is 190 cm³/mol. The van der Waals surface area contributed by atoms with Crippen molar-refractivity contribution in [3.63, 3.8) is 0 Å². The Balaban J connectivity index is 1.43. The third kappa shape index (κ3) is 16.1. The van der Waals surface area contributed by atoms with E-state index in [2.05, 4.69) is 66.9 Å². The second-order valence-corrected chi connectivity index (χ2v) is 12.9. The number of benzene rings is 1. The van der Waals surface area contributed by atoms with Crippen molar-refractivity contribution in [2.75, 3.05) is 24.5 Å². The highest BCUT2D eigenvalue weighted by molar-refractivity contribution is 5.86. The van der Waals surface area contributed by atoms with Crippen molar-refractivity contribution < 1.29 is 0 Å². The summed E-state index contributed by atoms with van der Waals surface area (Å²) in [5.41, 5.74) is 5.21. The summed E-state index contributed by atoms with van der Waals surface area (Å²) < 4.78 is 0. The number of aromatic nitrogens is 1. The zero-order valence-corrected chi connectivity index (χ0v) is 28.3.